The van der Waals surface area contributed by atoms with Crippen LogP contribution in [0.15, 0.2) is 40.8 Å². The monoisotopic (exact) mass is 441 g/mol. The lowest BCUT2D eigenvalue weighted by atomic mass is 10.0. The molecule has 0 unspecified atom stereocenters. The summed E-state index contributed by atoms with van der Waals surface area (Å²) in [5.41, 5.74) is 1.97. The van der Waals surface area contributed by atoms with Crippen molar-refractivity contribution < 1.29 is 14.3 Å². The van der Waals surface area contributed by atoms with E-state index in [0.717, 1.165) is 22.7 Å². The van der Waals surface area contributed by atoms with Crippen LogP contribution in [-0.2, 0) is 4.79 Å². The Kier molecular flexibility index (Phi) is 6.62. The van der Waals surface area contributed by atoms with E-state index < -0.39 is 0 Å². The van der Waals surface area contributed by atoms with E-state index >= 15 is 0 Å². The van der Waals surface area contributed by atoms with Crippen LogP contribution in [0.4, 0.5) is 0 Å². The van der Waals surface area contributed by atoms with Gasteiger partial charge in [-0.25, -0.2) is 5.01 Å². The first-order chi connectivity index (χ1) is 15.0. The van der Waals surface area contributed by atoms with Gasteiger partial charge in [-0.05, 0) is 47.9 Å². The lowest BCUT2D eigenvalue weighted by Gasteiger charge is -2.28. The van der Waals surface area contributed by atoms with E-state index in [4.69, 9.17) is 14.6 Å². The first-order valence-electron chi connectivity index (χ1n) is 10.9. The maximum absolute atomic E-state index is 13.5. The van der Waals surface area contributed by atoms with Gasteiger partial charge in [0.25, 0.3) is 5.91 Å². The molecule has 6 nitrogen and oxygen atoms in total. The molecule has 1 atom stereocenters. The maximum atomic E-state index is 13.5. The van der Waals surface area contributed by atoms with Crippen LogP contribution in [0.25, 0.3) is 0 Å². The lowest BCUT2D eigenvalue weighted by Crippen LogP contribution is -2.40. The zero-order chi connectivity index (χ0) is 22.0. The van der Waals surface area contributed by atoms with Gasteiger partial charge in [-0.1, -0.05) is 26.0 Å². The zero-order valence-corrected chi connectivity index (χ0v) is 19.5. The molecule has 7 heteroatoms. The first kappa shape index (κ1) is 21.8. The van der Waals surface area contributed by atoms with Crippen molar-refractivity contribution in [2.45, 2.75) is 45.2 Å². The highest BCUT2D eigenvalue weighted by Gasteiger charge is 2.37. The summed E-state index contributed by atoms with van der Waals surface area (Å²) in [6, 6.07) is 10.3. The second-order valence-electron chi connectivity index (χ2n) is 8.65. The van der Waals surface area contributed by atoms with Crippen molar-refractivity contribution >= 4 is 23.0 Å². The fourth-order valence-electron chi connectivity index (χ4n) is 4.15. The summed E-state index contributed by atoms with van der Waals surface area (Å²) in [5.74, 6) is 1.92. The number of rotatable bonds is 9. The minimum absolute atomic E-state index is 0.0545. The molecule has 1 aliphatic carbocycles. The van der Waals surface area contributed by atoms with E-state index in [1.165, 1.54) is 12.8 Å². The molecule has 0 bridgehead atoms. The van der Waals surface area contributed by atoms with Crippen LogP contribution in [-0.4, -0.2) is 54.9 Å². The molecule has 0 spiro atoms. The Balaban J connectivity index is 1.61. The summed E-state index contributed by atoms with van der Waals surface area (Å²) in [6.45, 7) is 5.75. The number of nitrogens with zero attached hydrogens (tertiary/aromatic N) is 3. The second-order valence-corrected chi connectivity index (χ2v) is 9.60. The summed E-state index contributed by atoms with van der Waals surface area (Å²) < 4.78 is 10.9. The number of thiophene rings is 1. The molecule has 0 radical (unpaired) electrons. The Hall–Kier alpha value is -2.38. The molecular weight excluding hydrogens is 410 g/mol. The highest BCUT2D eigenvalue weighted by Crippen LogP contribution is 2.38. The van der Waals surface area contributed by atoms with E-state index in [0.29, 0.717) is 36.4 Å². The quantitative estimate of drug-likeness (QED) is 0.572. The molecule has 0 N–H and O–H groups in total. The molecule has 1 saturated carbocycles. The van der Waals surface area contributed by atoms with Gasteiger partial charge in [-0.15, -0.1) is 11.3 Å². The summed E-state index contributed by atoms with van der Waals surface area (Å²) in [4.78, 5) is 16.9. The van der Waals surface area contributed by atoms with Crippen LogP contribution in [0, 0.1) is 5.92 Å². The fourth-order valence-corrected chi connectivity index (χ4v) is 4.87. The van der Waals surface area contributed by atoms with Crippen molar-refractivity contribution in [1.82, 2.24) is 9.91 Å². The SMILES string of the molecule is COc1ccc([C@H]2CC(c3cccs3)=NN2C(=O)CN(CC(C)C)C2CC2)cc1OC. The standard InChI is InChI=1S/C24H31N3O3S/c1-16(2)14-26(18-8-9-18)15-24(28)27-20(13-19(25-27)23-6-5-11-31-23)17-7-10-21(29-3)22(12-17)30-4/h5-7,10-12,16,18,20H,8-9,13-15H2,1-4H3/t20-/m1/s1. The Morgan fingerprint density at radius 1 is 1.23 bits per heavy atom. The number of methoxy groups -OCH3 is 2. The fraction of sp³-hybridized carbons (Fsp3) is 0.500. The van der Waals surface area contributed by atoms with Crippen molar-refractivity contribution in [2.75, 3.05) is 27.3 Å². The van der Waals surface area contributed by atoms with E-state index in [1.807, 2.05) is 29.6 Å². The number of hydrogen-bond acceptors (Lipinski definition) is 6. The van der Waals surface area contributed by atoms with Gasteiger partial charge in [0.05, 0.1) is 37.4 Å². The first-order valence-corrected chi connectivity index (χ1v) is 11.8. The van der Waals surface area contributed by atoms with Gasteiger partial charge in [0.1, 0.15) is 0 Å². The van der Waals surface area contributed by atoms with E-state index in [-0.39, 0.29) is 11.9 Å². The Morgan fingerprint density at radius 2 is 2.00 bits per heavy atom. The topological polar surface area (TPSA) is 54.4 Å². The normalized spacial score (nSPS) is 18.6. The summed E-state index contributed by atoms with van der Waals surface area (Å²) in [6.07, 6.45) is 3.06. The number of hydrogen-bond donors (Lipinski definition) is 0. The van der Waals surface area contributed by atoms with Crippen molar-refractivity contribution in [3.8, 4) is 11.5 Å². The minimum Gasteiger partial charge on any atom is -0.493 e. The van der Waals surface area contributed by atoms with Crippen molar-refractivity contribution in [3.63, 3.8) is 0 Å². The van der Waals surface area contributed by atoms with Gasteiger partial charge in [-0.2, -0.15) is 5.10 Å². The van der Waals surface area contributed by atoms with Crippen LogP contribution in [0.2, 0.25) is 0 Å². The highest BCUT2D eigenvalue weighted by atomic mass is 32.1. The Bertz CT molecular complexity index is 938. The van der Waals surface area contributed by atoms with Gasteiger partial charge >= 0.3 is 0 Å². The Morgan fingerprint density at radius 3 is 2.61 bits per heavy atom. The molecule has 1 fully saturated rings. The van der Waals surface area contributed by atoms with Crippen LogP contribution < -0.4 is 9.47 Å². The highest BCUT2D eigenvalue weighted by molar-refractivity contribution is 7.12. The average molecular weight is 442 g/mol. The minimum atomic E-state index is -0.149. The van der Waals surface area contributed by atoms with Gasteiger partial charge < -0.3 is 9.47 Å². The van der Waals surface area contributed by atoms with E-state index in [9.17, 15) is 4.79 Å². The molecule has 2 aromatic rings. The largest absolute Gasteiger partial charge is 0.493 e. The molecule has 1 aliphatic heterocycles. The van der Waals surface area contributed by atoms with Crippen molar-refractivity contribution in [2.24, 2.45) is 11.0 Å². The molecular formula is C24H31N3O3S. The van der Waals surface area contributed by atoms with Crippen LogP contribution >= 0.6 is 11.3 Å². The summed E-state index contributed by atoms with van der Waals surface area (Å²) in [7, 11) is 3.26. The van der Waals surface area contributed by atoms with Crippen LogP contribution in [0.1, 0.15) is 49.6 Å². The second kappa shape index (κ2) is 9.40. The maximum Gasteiger partial charge on any atom is 0.257 e. The molecule has 2 aliphatic rings. The number of carbonyl (C=O) groups is 1. The van der Waals surface area contributed by atoms with E-state index in [1.54, 1.807) is 30.6 Å². The predicted molar refractivity (Wildman–Crippen MR) is 124 cm³/mol. The summed E-state index contributed by atoms with van der Waals surface area (Å²) in [5, 5.41) is 8.56. The number of hydrazone groups is 1. The molecule has 166 valence electrons. The number of amides is 1. The van der Waals surface area contributed by atoms with E-state index in [2.05, 4.69) is 24.8 Å². The van der Waals surface area contributed by atoms with Gasteiger partial charge in [0.15, 0.2) is 11.5 Å². The van der Waals surface area contributed by atoms with Gasteiger partial charge in [0.2, 0.25) is 0 Å². The number of benzene rings is 1. The van der Waals surface area contributed by atoms with Crippen molar-refractivity contribution in [3.05, 3.63) is 46.2 Å². The molecule has 1 aromatic carbocycles. The lowest BCUT2D eigenvalue weighted by molar-refractivity contribution is -0.134. The molecule has 31 heavy (non-hydrogen) atoms. The number of carbonyl (C=O) groups excluding carboxylic acids is 1. The van der Waals surface area contributed by atoms with Gasteiger partial charge in [0, 0.05) is 19.0 Å². The van der Waals surface area contributed by atoms with Gasteiger partial charge in [-0.3, -0.25) is 9.69 Å². The third kappa shape index (κ3) is 4.93. The van der Waals surface area contributed by atoms with Crippen LogP contribution in [0.3, 0.4) is 0 Å². The molecule has 1 amide bonds. The third-order valence-corrected chi connectivity index (χ3v) is 6.68. The molecule has 2 heterocycles. The van der Waals surface area contributed by atoms with Crippen LogP contribution in [0.5, 0.6) is 11.5 Å². The van der Waals surface area contributed by atoms with Crippen molar-refractivity contribution in [1.29, 1.82) is 0 Å². The zero-order valence-electron chi connectivity index (χ0n) is 18.7. The molecule has 1 aromatic heterocycles. The predicted octanol–water partition coefficient (Wildman–Crippen LogP) is 4.56. The Labute approximate surface area is 188 Å². The molecule has 0 saturated heterocycles. The third-order valence-electron chi connectivity index (χ3n) is 5.77. The average Bonchev–Trinajstić information content (AvgIpc) is 3.28. The number of ether oxygens (including phenoxy) is 2. The molecule has 4 rings (SSSR count). The smallest absolute Gasteiger partial charge is 0.257 e. The summed E-state index contributed by atoms with van der Waals surface area (Å²) >= 11 is 1.66.